The molecule has 0 spiro atoms. The van der Waals surface area contributed by atoms with Crippen LogP contribution in [0.3, 0.4) is 0 Å². The third kappa shape index (κ3) is 4.09. The summed E-state index contributed by atoms with van der Waals surface area (Å²) < 4.78 is 0. The molecule has 4 amide bonds. The van der Waals surface area contributed by atoms with Crippen molar-refractivity contribution in [3.05, 3.63) is 18.2 Å². The van der Waals surface area contributed by atoms with Crippen molar-refractivity contribution >= 4 is 23.6 Å². The molecular weight excluding hydrogens is 352 g/mol. The van der Waals surface area contributed by atoms with Crippen molar-refractivity contribution in [2.75, 3.05) is 6.54 Å². The Bertz CT molecular complexity index is 734. The fourth-order valence-electron chi connectivity index (χ4n) is 3.71. The number of nitrogens with zero attached hydrogens (tertiary/aromatic N) is 2. The standard InChI is InChI=1S/C17H24N6O4/c1-9-5-13(24)22-14(9)16(26)21-11(6-10-7-19-8-20-10)17(27)23-4-2-3-12(23)15(18)25/h7-9,11-12,14H,2-6H2,1H3,(H2,18,25)(H,19,20)(H,21,26)(H,22,24)/t9-,11+,12+,14+/m1/s1. The molecule has 3 rings (SSSR count). The second-order valence-electron chi connectivity index (χ2n) is 7.16. The van der Waals surface area contributed by atoms with Crippen LogP contribution in [0, 0.1) is 5.92 Å². The second-order valence-corrected chi connectivity index (χ2v) is 7.16. The van der Waals surface area contributed by atoms with Crippen LogP contribution in [0.4, 0.5) is 0 Å². The fourth-order valence-corrected chi connectivity index (χ4v) is 3.71. The summed E-state index contributed by atoms with van der Waals surface area (Å²) in [7, 11) is 0. The number of rotatable bonds is 6. The molecule has 2 saturated heterocycles. The van der Waals surface area contributed by atoms with Gasteiger partial charge in [-0.25, -0.2) is 4.98 Å². The fraction of sp³-hybridized carbons (Fsp3) is 0.588. The van der Waals surface area contributed by atoms with Gasteiger partial charge in [-0.05, 0) is 18.8 Å². The van der Waals surface area contributed by atoms with Crippen LogP contribution in [-0.2, 0) is 25.6 Å². The Morgan fingerprint density at radius 2 is 2.22 bits per heavy atom. The van der Waals surface area contributed by atoms with Crippen LogP contribution >= 0.6 is 0 Å². The van der Waals surface area contributed by atoms with Gasteiger partial charge in [0.2, 0.25) is 23.6 Å². The summed E-state index contributed by atoms with van der Waals surface area (Å²) >= 11 is 0. The average molecular weight is 376 g/mol. The third-order valence-electron chi connectivity index (χ3n) is 5.13. The van der Waals surface area contributed by atoms with E-state index in [-0.39, 0.29) is 30.6 Å². The molecule has 0 aromatic carbocycles. The first-order chi connectivity index (χ1) is 12.9. The molecule has 0 saturated carbocycles. The summed E-state index contributed by atoms with van der Waals surface area (Å²) in [5.41, 5.74) is 6.09. The first kappa shape index (κ1) is 18.9. The summed E-state index contributed by atoms with van der Waals surface area (Å²) in [4.78, 5) is 57.2. The molecule has 0 unspecified atom stereocenters. The Morgan fingerprint density at radius 3 is 2.81 bits per heavy atom. The van der Waals surface area contributed by atoms with E-state index in [0.29, 0.717) is 25.1 Å². The zero-order valence-corrected chi connectivity index (χ0v) is 15.1. The van der Waals surface area contributed by atoms with E-state index in [1.165, 1.54) is 11.2 Å². The number of H-pyrrole nitrogens is 1. The minimum Gasteiger partial charge on any atom is -0.368 e. The summed E-state index contributed by atoms with van der Waals surface area (Å²) in [5, 5.41) is 5.37. The number of carbonyl (C=O) groups is 4. The molecule has 2 aliphatic rings. The van der Waals surface area contributed by atoms with E-state index in [1.54, 1.807) is 13.1 Å². The van der Waals surface area contributed by atoms with E-state index in [2.05, 4.69) is 20.6 Å². The largest absolute Gasteiger partial charge is 0.368 e. The van der Waals surface area contributed by atoms with Crippen molar-refractivity contribution in [2.24, 2.45) is 11.7 Å². The van der Waals surface area contributed by atoms with Gasteiger partial charge in [-0.1, -0.05) is 6.92 Å². The van der Waals surface area contributed by atoms with Crippen molar-refractivity contribution in [1.82, 2.24) is 25.5 Å². The normalized spacial score (nSPS) is 25.9. The summed E-state index contributed by atoms with van der Waals surface area (Å²) in [6.45, 7) is 2.22. The molecule has 0 bridgehead atoms. The lowest BCUT2D eigenvalue weighted by molar-refractivity contribution is -0.141. The molecule has 4 atom stereocenters. The maximum atomic E-state index is 13.1. The highest BCUT2D eigenvalue weighted by atomic mass is 16.2. The molecule has 2 fully saturated rings. The number of aromatic nitrogens is 2. The van der Waals surface area contributed by atoms with Crippen molar-refractivity contribution < 1.29 is 19.2 Å². The molecule has 2 aliphatic heterocycles. The Balaban J connectivity index is 1.76. The lowest BCUT2D eigenvalue weighted by Crippen LogP contribution is -2.56. The molecule has 1 aromatic heterocycles. The lowest BCUT2D eigenvalue weighted by atomic mass is 10.0. The van der Waals surface area contributed by atoms with Crippen LogP contribution in [-0.4, -0.2) is 63.2 Å². The number of hydrogen-bond acceptors (Lipinski definition) is 5. The van der Waals surface area contributed by atoms with Gasteiger partial charge in [-0.15, -0.1) is 0 Å². The lowest BCUT2D eigenvalue weighted by Gasteiger charge is -2.28. The number of amides is 4. The van der Waals surface area contributed by atoms with E-state index < -0.39 is 29.9 Å². The maximum absolute atomic E-state index is 13.1. The van der Waals surface area contributed by atoms with Crippen LogP contribution in [0.2, 0.25) is 0 Å². The van der Waals surface area contributed by atoms with Crippen molar-refractivity contribution in [3.63, 3.8) is 0 Å². The van der Waals surface area contributed by atoms with Crippen LogP contribution in [0.1, 0.15) is 31.9 Å². The van der Waals surface area contributed by atoms with Gasteiger partial charge >= 0.3 is 0 Å². The monoisotopic (exact) mass is 376 g/mol. The number of aromatic amines is 1. The Labute approximate surface area is 156 Å². The Hall–Kier alpha value is -2.91. The molecule has 146 valence electrons. The summed E-state index contributed by atoms with van der Waals surface area (Å²) in [6, 6.07) is -2.23. The highest BCUT2D eigenvalue weighted by molar-refractivity contribution is 5.95. The van der Waals surface area contributed by atoms with Gasteiger partial charge < -0.3 is 26.3 Å². The van der Waals surface area contributed by atoms with Gasteiger partial charge in [-0.2, -0.15) is 0 Å². The number of hydrogen-bond donors (Lipinski definition) is 4. The van der Waals surface area contributed by atoms with Crippen LogP contribution < -0.4 is 16.4 Å². The number of carbonyl (C=O) groups excluding carboxylic acids is 4. The number of nitrogens with one attached hydrogen (secondary N) is 3. The predicted octanol–water partition coefficient (Wildman–Crippen LogP) is -1.56. The van der Waals surface area contributed by atoms with Crippen molar-refractivity contribution in [3.8, 4) is 0 Å². The molecule has 10 nitrogen and oxygen atoms in total. The van der Waals surface area contributed by atoms with E-state index in [4.69, 9.17) is 5.73 Å². The summed E-state index contributed by atoms with van der Waals surface area (Å²) in [5.74, 6) is -1.68. The number of primary amides is 1. The van der Waals surface area contributed by atoms with Gasteiger partial charge in [-0.3, -0.25) is 19.2 Å². The number of nitrogens with two attached hydrogens (primary N) is 1. The zero-order valence-electron chi connectivity index (χ0n) is 15.1. The van der Waals surface area contributed by atoms with Crippen molar-refractivity contribution in [2.45, 2.75) is 50.7 Å². The van der Waals surface area contributed by atoms with Crippen LogP contribution in [0.15, 0.2) is 12.5 Å². The molecule has 10 heteroatoms. The van der Waals surface area contributed by atoms with E-state index in [9.17, 15) is 19.2 Å². The van der Waals surface area contributed by atoms with E-state index in [1.807, 2.05) is 0 Å². The van der Waals surface area contributed by atoms with Crippen molar-refractivity contribution in [1.29, 1.82) is 0 Å². The van der Waals surface area contributed by atoms with Gasteiger partial charge in [0.25, 0.3) is 0 Å². The molecular formula is C17H24N6O4. The minimum atomic E-state index is -0.886. The van der Waals surface area contributed by atoms with Crippen LogP contribution in [0.5, 0.6) is 0 Å². The molecule has 0 aliphatic carbocycles. The van der Waals surface area contributed by atoms with Crippen LogP contribution in [0.25, 0.3) is 0 Å². The van der Waals surface area contributed by atoms with E-state index in [0.717, 1.165) is 0 Å². The van der Waals surface area contributed by atoms with Gasteiger partial charge in [0.1, 0.15) is 18.1 Å². The van der Waals surface area contributed by atoms with Gasteiger partial charge in [0.05, 0.1) is 6.33 Å². The topological polar surface area (TPSA) is 150 Å². The Kier molecular flexibility index (Phi) is 5.43. The second kappa shape index (κ2) is 7.77. The molecule has 0 radical (unpaired) electrons. The predicted molar refractivity (Wildman–Crippen MR) is 93.9 cm³/mol. The molecule has 5 N–H and O–H groups in total. The number of likely N-dealkylation sites (tertiary alicyclic amines) is 1. The third-order valence-corrected chi connectivity index (χ3v) is 5.13. The van der Waals surface area contributed by atoms with Gasteiger partial charge in [0.15, 0.2) is 0 Å². The SMILES string of the molecule is C[C@@H]1CC(=O)N[C@@H]1C(=O)N[C@@H](Cc1cnc[nH]1)C(=O)N1CCC[C@H]1C(N)=O. The smallest absolute Gasteiger partial charge is 0.246 e. The highest BCUT2D eigenvalue weighted by Crippen LogP contribution is 2.20. The molecule has 3 heterocycles. The molecule has 1 aromatic rings. The Morgan fingerprint density at radius 1 is 1.44 bits per heavy atom. The quantitative estimate of drug-likeness (QED) is 0.473. The van der Waals surface area contributed by atoms with E-state index >= 15 is 0 Å². The highest BCUT2D eigenvalue weighted by Gasteiger charge is 2.39. The average Bonchev–Trinajstić information content (AvgIpc) is 3.34. The minimum absolute atomic E-state index is 0.162. The maximum Gasteiger partial charge on any atom is 0.246 e. The van der Waals surface area contributed by atoms with Gasteiger partial charge in [0, 0.05) is 31.3 Å². The zero-order chi connectivity index (χ0) is 19.6. The first-order valence-electron chi connectivity index (χ1n) is 9.03. The number of imidazole rings is 1. The first-order valence-corrected chi connectivity index (χ1v) is 9.03. The summed E-state index contributed by atoms with van der Waals surface area (Å²) in [6.07, 6.45) is 4.72. The molecule has 27 heavy (non-hydrogen) atoms.